The fraction of sp³-hybridized carbons (Fsp3) is 0.353. The molecule has 1 aliphatic heterocycles. The van der Waals surface area contributed by atoms with Gasteiger partial charge in [0.05, 0.1) is 17.3 Å². The Morgan fingerprint density at radius 3 is 2.83 bits per heavy atom. The van der Waals surface area contributed by atoms with Crippen LogP contribution in [0, 0.1) is 6.92 Å². The summed E-state index contributed by atoms with van der Waals surface area (Å²) in [5.41, 5.74) is 1.60. The van der Waals surface area contributed by atoms with Gasteiger partial charge in [0.25, 0.3) is 0 Å². The third kappa shape index (κ3) is 2.97. The molecule has 0 saturated carbocycles. The maximum atomic E-state index is 5.96. The number of ether oxygens (including phenoxy) is 1. The van der Waals surface area contributed by atoms with Crippen molar-refractivity contribution in [2.24, 2.45) is 0 Å². The molecule has 0 radical (unpaired) electrons. The number of aryl methyl sites for hydroxylation is 1. The number of fused-ring (bicyclic) bond motifs is 1. The van der Waals surface area contributed by atoms with Gasteiger partial charge >= 0.3 is 0 Å². The molecule has 0 aliphatic carbocycles. The van der Waals surface area contributed by atoms with Crippen molar-refractivity contribution in [3.05, 3.63) is 42.7 Å². The number of rotatable bonds is 3. The lowest BCUT2D eigenvalue weighted by molar-refractivity contribution is 0.163. The highest BCUT2D eigenvalue weighted by atomic mass is 16.5. The number of aromatic nitrogens is 5. The molecule has 122 valence electrons. The first-order valence-corrected chi connectivity index (χ1v) is 8.05. The van der Waals surface area contributed by atoms with Gasteiger partial charge in [0.15, 0.2) is 5.65 Å². The Hall–Kier alpha value is -2.83. The summed E-state index contributed by atoms with van der Waals surface area (Å²) in [5, 5.41) is 0.990. The van der Waals surface area contributed by atoms with Crippen LogP contribution >= 0.6 is 0 Å². The minimum Gasteiger partial charge on any atom is -0.473 e. The molecule has 0 N–H and O–H groups in total. The predicted octanol–water partition coefficient (Wildman–Crippen LogP) is 2.17. The summed E-state index contributed by atoms with van der Waals surface area (Å²) in [6.45, 7) is 3.67. The number of anilines is 1. The summed E-state index contributed by atoms with van der Waals surface area (Å²) >= 11 is 0. The Kier molecular flexibility index (Phi) is 3.90. The first-order valence-electron chi connectivity index (χ1n) is 8.05. The van der Waals surface area contributed by atoms with Crippen LogP contribution in [0.3, 0.4) is 0 Å². The third-order valence-electron chi connectivity index (χ3n) is 4.15. The number of pyridine rings is 1. The van der Waals surface area contributed by atoms with Gasteiger partial charge in [-0.15, -0.1) is 0 Å². The van der Waals surface area contributed by atoms with Gasteiger partial charge in [-0.3, -0.25) is 4.98 Å². The predicted molar refractivity (Wildman–Crippen MR) is 90.0 cm³/mol. The smallest absolute Gasteiger partial charge is 0.232 e. The summed E-state index contributed by atoms with van der Waals surface area (Å²) in [7, 11) is 0. The van der Waals surface area contributed by atoms with Crippen LogP contribution in [0.25, 0.3) is 11.0 Å². The fourth-order valence-corrected chi connectivity index (χ4v) is 2.99. The summed E-state index contributed by atoms with van der Waals surface area (Å²) in [4.78, 5) is 23.7. The van der Waals surface area contributed by atoms with Crippen molar-refractivity contribution in [2.75, 3.05) is 18.0 Å². The van der Waals surface area contributed by atoms with Gasteiger partial charge in [-0.25, -0.2) is 19.9 Å². The molecule has 0 amide bonds. The van der Waals surface area contributed by atoms with E-state index in [1.807, 2.05) is 19.1 Å². The highest BCUT2D eigenvalue weighted by molar-refractivity contribution is 5.86. The average molecular weight is 322 g/mol. The molecule has 1 fully saturated rings. The van der Waals surface area contributed by atoms with E-state index in [2.05, 4.69) is 29.8 Å². The summed E-state index contributed by atoms with van der Waals surface area (Å²) in [6, 6.07) is 3.93. The molecule has 7 nitrogen and oxygen atoms in total. The molecule has 3 aromatic heterocycles. The van der Waals surface area contributed by atoms with E-state index in [1.165, 1.54) is 0 Å². The first-order chi connectivity index (χ1) is 11.8. The molecule has 0 spiro atoms. The Labute approximate surface area is 139 Å². The molecule has 0 unspecified atom stereocenters. The lowest BCUT2D eigenvalue weighted by Gasteiger charge is -2.33. The van der Waals surface area contributed by atoms with Crippen molar-refractivity contribution in [1.29, 1.82) is 0 Å². The van der Waals surface area contributed by atoms with Gasteiger partial charge in [0.1, 0.15) is 18.2 Å². The number of hydrogen-bond acceptors (Lipinski definition) is 7. The van der Waals surface area contributed by atoms with Crippen molar-refractivity contribution in [1.82, 2.24) is 24.9 Å². The van der Waals surface area contributed by atoms with Gasteiger partial charge < -0.3 is 9.64 Å². The monoisotopic (exact) mass is 322 g/mol. The minimum atomic E-state index is 0.156. The van der Waals surface area contributed by atoms with Gasteiger partial charge in [0.2, 0.25) is 5.88 Å². The largest absolute Gasteiger partial charge is 0.473 e. The van der Waals surface area contributed by atoms with E-state index in [0.717, 1.165) is 48.5 Å². The van der Waals surface area contributed by atoms with Crippen LogP contribution < -0.4 is 9.64 Å². The van der Waals surface area contributed by atoms with Crippen LogP contribution in [0.4, 0.5) is 5.82 Å². The molecule has 0 bridgehead atoms. The second-order valence-electron chi connectivity index (χ2n) is 5.87. The molecule has 7 heteroatoms. The van der Waals surface area contributed by atoms with Crippen LogP contribution in [0.2, 0.25) is 0 Å². The fourth-order valence-electron chi connectivity index (χ4n) is 2.99. The van der Waals surface area contributed by atoms with E-state index in [0.29, 0.717) is 5.88 Å². The van der Waals surface area contributed by atoms with Crippen LogP contribution in [0.5, 0.6) is 5.88 Å². The number of hydrogen-bond donors (Lipinski definition) is 0. The maximum absolute atomic E-state index is 5.96. The first kappa shape index (κ1) is 14.7. The summed E-state index contributed by atoms with van der Waals surface area (Å²) in [5.74, 6) is 1.55. The topological polar surface area (TPSA) is 76.9 Å². The zero-order valence-electron chi connectivity index (χ0n) is 13.5. The second-order valence-corrected chi connectivity index (χ2v) is 5.87. The van der Waals surface area contributed by atoms with Gasteiger partial charge in [-0.05, 0) is 19.1 Å². The van der Waals surface area contributed by atoms with Crippen molar-refractivity contribution in [2.45, 2.75) is 25.9 Å². The lowest BCUT2D eigenvalue weighted by atomic mass is 10.1. The molecule has 24 heavy (non-hydrogen) atoms. The standard InChI is InChI=1S/C17H18N6O/c1-12-9-18-10-15(22-12)24-13-4-7-23(8-5-13)17-14-3-2-6-19-16(14)20-11-21-17/h2-3,6,9-11,13H,4-5,7-8H2,1H3. The molecule has 3 aromatic rings. The SMILES string of the molecule is Cc1cncc(OC2CCN(c3ncnc4ncccc34)CC2)n1. The van der Waals surface area contributed by atoms with Crippen LogP contribution in [0.15, 0.2) is 37.1 Å². The van der Waals surface area contributed by atoms with E-state index in [-0.39, 0.29) is 6.10 Å². The molecular formula is C17H18N6O. The van der Waals surface area contributed by atoms with Crippen LogP contribution in [-0.2, 0) is 0 Å². The van der Waals surface area contributed by atoms with E-state index in [4.69, 9.17) is 4.74 Å². The zero-order chi connectivity index (χ0) is 16.4. The molecular weight excluding hydrogens is 304 g/mol. The molecule has 1 aliphatic rings. The zero-order valence-corrected chi connectivity index (χ0v) is 13.5. The maximum Gasteiger partial charge on any atom is 0.232 e. The lowest BCUT2D eigenvalue weighted by Crippen LogP contribution is -2.39. The Morgan fingerprint density at radius 2 is 2.00 bits per heavy atom. The molecule has 4 rings (SSSR count). The summed E-state index contributed by atoms with van der Waals surface area (Å²) in [6.07, 6.45) is 8.72. The normalized spacial score (nSPS) is 15.6. The Morgan fingerprint density at radius 1 is 1.12 bits per heavy atom. The highest BCUT2D eigenvalue weighted by Crippen LogP contribution is 2.25. The van der Waals surface area contributed by atoms with Crippen molar-refractivity contribution < 1.29 is 4.74 Å². The number of nitrogens with zero attached hydrogens (tertiary/aromatic N) is 6. The Bertz CT molecular complexity index is 842. The Balaban J connectivity index is 1.46. The van der Waals surface area contributed by atoms with E-state index in [9.17, 15) is 0 Å². The van der Waals surface area contributed by atoms with Gasteiger partial charge in [-0.1, -0.05) is 0 Å². The van der Waals surface area contributed by atoms with Gasteiger partial charge in [0, 0.05) is 38.3 Å². The van der Waals surface area contributed by atoms with E-state index in [1.54, 1.807) is 24.9 Å². The quantitative estimate of drug-likeness (QED) is 0.731. The molecule has 1 saturated heterocycles. The highest BCUT2D eigenvalue weighted by Gasteiger charge is 2.23. The number of piperidine rings is 1. The summed E-state index contributed by atoms with van der Waals surface area (Å²) < 4.78 is 5.96. The molecule has 0 atom stereocenters. The van der Waals surface area contributed by atoms with Crippen LogP contribution in [-0.4, -0.2) is 44.1 Å². The molecule has 0 aromatic carbocycles. The van der Waals surface area contributed by atoms with Gasteiger partial charge in [-0.2, -0.15) is 0 Å². The average Bonchev–Trinajstić information content (AvgIpc) is 2.62. The van der Waals surface area contributed by atoms with Crippen molar-refractivity contribution >= 4 is 16.9 Å². The third-order valence-corrected chi connectivity index (χ3v) is 4.15. The minimum absolute atomic E-state index is 0.156. The molecule has 4 heterocycles. The second kappa shape index (κ2) is 6.35. The van der Waals surface area contributed by atoms with Crippen molar-refractivity contribution in [3.63, 3.8) is 0 Å². The van der Waals surface area contributed by atoms with Crippen LogP contribution in [0.1, 0.15) is 18.5 Å². The van der Waals surface area contributed by atoms with Crippen molar-refractivity contribution in [3.8, 4) is 5.88 Å². The van der Waals surface area contributed by atoms with E-state index < -0.39 is 0 Å². The van der Waals surface area contributed by atoms with E-state index >= 15 is 0 Å².